The highest BCUT2D eigenvalue weighted by Crippen LogP contribution is 2.23. The summed E-state index contributed by atoms with van der Waals surface area (Å²) in [4.78, 5) is 4.48. The highest BCUT2D eigenvalue weighted by Gasteiger charge is 2.17. The second kappa shape index (κ2) is 4.59. The van der Waals surface area contributed by atoms with Gasteiger partial charge >= 0.3 is 0 Å². The van der Waals surface area contributed by atoms with Crippen molar-refractivity contribution in [3.05, 3.63) is 40.2 Å². The van der Waals surface area contributed by atoms with Crippen molar-refractivity contribution in [3.63, 3.8) is 0 Å². The van der Waals surface area contributed by atoms with Gasteiger partial charge in [0.25, 0.3) is 0 Å². The Morgan fingerprint density at radius 2 is 2.47 bits per heavy atom. The molecule has 80 valence electrons. The summed E-state index contributed by atoms with van der Waals surface area (Å²) in [5, 5.41) is 6.52. The van der Waals surface area contributed by atoms with Crippen LogP contribution in [0.5, 0.6) is 0 Å². The van der Waals surface area contributed by atoms with Gasteiger partial charge in [0.15, 0.2) is 0 Å². The number of aryl methyl sites for hydroxylation is 1. The fourth-order valence-corrected chi connectivity index (χ4v) is 2.16. The Morgan fingerprint density at radius 1 is 1.60 bits per heavy atom. The molecule has 0 radical (unpaired) electrons. The SMILES string of the molecule is CCNC(c1csc(C)n1)c1ccco1. The first-order chi connectivity index (χ1) is 7.31. The lowest BCUT2D eigenvalue weighted by Crippen LogP contribution is -2.21. The van der Waals surface area contributed by atoms with E-state index in [-0.39, 0.29) is 6.04 Å². The van der Waals surface area contributed by atoms with Gasteiger partial charge in [-0.05, 0) is 25.6 Å². The summed E-state index contributed by atoms with van der Waals surface area (Å²) in [7, 11) is 0. The van der Waals surface area contributed by atoms with Crippen molar-refractivity contribution in [3.8, 4) is 0 Å². The molecular formula is C11H14N2OS. The molecule has 4 heteroatoms. The van der Waals surface area contributed by atoms with Crippen molar-refractivity contribution < 1.29 is 4.42 Å². The van der Waals surface area contributed by atoms with E-state index in [2.05, 4.69) is 22.6 Å². The molecule has 3 nitrogen and oxygen atoms in total. The smallest absolute Gasteiger partial charge is 0.126 e. The van der Waals surface area contributed by atoms with Crippen LogP contribution in [0.1, 0.15) is 29.4 Å². The van der Waals surface area contributed by atoms with Gasteiger partial charge in [0, 0.05) is 5.38 Å². The number of hydrogen-bond acceptors (Lipinski definition) is 4. The van der Waals surface area contributed by atoms with Crippen LogP contribution >= 0.6 is 11.3 Å². The number of nitrogens with one attached hydrogen (secondary N) is 1. The van der Waals surface area contributed by atoms with Gasteiger partial charge in [-0.15, -0.1) is 11.3 Å². The van der Waals surface area contributed by atoms with E-state index in [0.717, 1.165) is 23.0 Å². The molecule has 1 unspecified atom stereocenters. The maximum Gasteiger partial charge on any atom is 0.126 e. The van der Waals surface area contributed by atoms with Crippen LogP contribution < -0.4 is 5.32 Å². The van der Waals surface area contributed by atoms with Gasteiger partial charge in [0.2, 0.25) is 0 Å². The van der Waals surface area contributed by atoms with Crippen LogP contribution in [0.3, 0.4) is 0 Å². The van der Waals surface area contributed by atoms with E-state index < -0.39 is 0 Å². The zero-order valence-corrected chi connectivity index (χ0v) is 9.67. The van der Waals surface area contributed by atoms with Gasteiger partial charge in [-0.3, -0.25) is 0 Å². The van der Waals surface area contributed by atoms with E-state index in [1.165, 1.54) is 0 Å². The van der Waals surface area contributed by atoms with Crippen LogP contribution in [0.25, 0.3) is 0 Å². The fraction of sp³-hybridized carbons (Fsp3) is 0.364. The predicted octanol–water partition coefficient (Wildman–Crippen LogP) is 2.74. The molecule has 0 aliphatic carbocycles. The molecule has 0 aliphatic heterocycles. The Bertz CT molecular complexity index is 408. The summed E-state index contributed by atoms with van der Waals surface area (Å²) in [5.41, 5.74) is 1.04. The summed E-state index contributed by atoms with van der Waals surface area (Å²) < 4.78 is 5.41. The summed E-state index contributed by atoms with van der Waals surface area (Å²) in [6.45, 7) is 4.98. The summed E-state index contributed by atoms with van der Waals surface area (Å²) in [6.07, 6.45) is 1.69. The molecule has 0 amide bonds. The third-order valence-corrected chi connectivity index (χ3v) is 2.96. The second-order valence-electron chi connectivity index (χ2n) is 3.30. The molecule has 0 spiro atoms. The first kappa shape index (κ1) is 10.4. The fourth-order valence-electron chi connectivity index (χ4n) is 1.52. The largest absolute Gasteiger partial charge is 0.467 e. The molecule has 0 fully saturated rings. The minimum Gasteiger partial charge on any atom is -0.467 e. The van der Waals surface area contributed by atoms with E-state index >= 15 is 0 Å². The Balaban J connectivity index is 2.27. The molecule has 2 aromatic heterocycles. The molecular weight excluding hydrogens is 208 g/mol. The maximum atomic E-state index is 5.41. The topological polar surface area (TPSA) is 38.1 Å². The lowest BCUT2D eigenvalue weighted by atomic mass is 10.2. The zero-order valence-electron chi connectivity index (χ0n) is 8.86. The number of hydrogen-bond donors (Lipinski definition) is 1. The van der Waals surface area contributed by atoms with Crippen molar-refractivity contribution in [2.24, 2.45) is 0 Å². The van der Waals surface area contributed by atoms with Crippen LogP contribution in [0, 0.1) is 6.92 Å². The first-order valence-corrected chi connectivity index (χ1v) is 5.88. The Morgan fingerprint density at radius 3 is 3.00 bits per heavy atom. The van der Waals surface area contributed by atoms with Crippen LogP contribution in [-0.4, -0.2) is 11.5 Å². The van der Waals surface area contributed by atoms with Gasteiger partial charge < -0.3 is 9.73 Å². The summed E-state index contributed by atoms with van der Waals surface area (Å²) >= 11 is 1.66. The number of furan rings is 1. The third-order valence-electron chi connectivity index (χ3n) is 2.17. The summed E-state index contributed by atoms with van der Waals surface area (Å²) in [6, 6.07) is 3.95. The zero-order chi connectivity index (χ0) is 10.7. The van der Waals surface area contributed by atoms with E-state index in [1.807, 2.05) is 19.1 Å². The predicted molar refractivity (Wildman–Crippen MR) is 61.1 cm³/mol. The van der Waals surface area contributed by atoms with Crippen molar-refractivity contribution in [1.29, 1.82) is 0 Å². The number of aromatic nitrogens is 1. The Labute approximate surface area is 93.2 Å². The number of nitrogens with zero attached hydrogens (tertiary/aromatic N) is 1. The highest BCUT2D eigenvalue weighted by molar-refractivity contribution is 7.09. The van der Waals surface area contributed by atoms with Crippen LogP contribution in [0.2, 0.25) is 0 Å². The van der Waals surface area contributed by atoms with Gasteiger partial charge in [-0.1, -0.05) is 6.92 Å². The lowest BCUT2D eigenvalue weighted by molar-refractivity contribution is 0.448. The molecule has 0 aromatic carbocycles. The van der Waals surface area contributed by atoms with Gasteiger partial charge in [0.05, 0.1) is 17.0 Å². The molecule has 2 aromatic rings. The lowest BCUT2D eigenvalue weighted by Gasteiger charge is -2.12. The number of thiazole rings is 1. The quantitative estimate of drug-likeness (QED) is 0.864. The minimum atomic E-state index is 0.0787. The van der Waals surface area contributed by atoms with Crippen molar-refractivity contribution in [1.82, 2.24) is 10.3 Å². The van der Waals surface area contributed by atoms with Crippen LogP contribution in [-0.2, 0) is 0 Å². The van der Waals surface area contributed by atoms with Crippen molar-refractivity contribution in [2.75, 3.05) is 6.54 Å². The van der Waals surface area contributed by atoms with Gasteiger partial charge in [-0.2, -0.15) is 0 Å². The molecule has 2 heterocycles. The molecule has 0 aliphatic rings. The third kappa shape index (κ3) is 2.27. The van der Waals surface area contributed by atoms with Crippen LogP contribution in [0.4, 0.5) is 0 Å². The van der Waals surface area contributed by atoms with Crippen LogP contribution in [0.15, 0.2) is 28.2 Å². The number of rotatable bonds is 4. The van der Waals surface area contributed by atoms with Gasteiger partial charge in [0.1, 0.15) is 11.8 Å². The molecule has 2 rings (SSSR count). The van der Waals surface area contributed by atoms with E-state index in [9.17, 15) is 0 Å². The van der Waals surface area contributed by atoms with Gasteiger partial charge in [-0.25, -0.2) is 4.98 Å². The van der Waals surface area contributed by atoms with E-state index in [0.29, 0.717) is 0 Å². The average Bonchev–Trinajstić information content (AvgIpc) is 2.85. The molecule has 0 saturated carbocycles. The molecule has 0 saturated heterocycles. The van der Waals surface area contributed by atoms with Crippen molar-refractivity contribution in [2.45, 2.75) is 19.9 Å². The second-order valence-corrected chi connectivity index (χ2v) is 4.36. The maximum absolute atomic E-state index is 5.41. The molecule has 1 N–H and O–H groups in total. The normalized spacial score (nSPS) is 12.9. The van der Waals surface area contributed by atoms with E-state index in [1.54, 1.807) is 17.6 Å². The minimum absolute atomic E-state index is 0.0787. The average molecular weight is 222 g/mol. The van der Waals surface area contributed by atoms with Crippen molar-refractivity contribution >= 4 is 11.3 Å². The highest BCUT2D eigenvalue weighted by atomic mass is 32.1. The first-order valence-electron chi connectivity index (χ1n) is 5.00. The molecule has 0 bridgehead atoms. The molecule has 15 heavy (non-hydrogen) atoms. The monoisotopic (exact) mass is 222 g/mol. The standard InChI is InChI=1S/C11H14N2OS/c1-3-12-11(10-5-4-6-14-10)9-7-15-8(2)13-9/h4-7,11-12H,3H2,1-2H3. The Kier molecular flexibility index (Phi) is 3.18. The molecule has 1 atom stereocenters. The Hall–Kier alpha value is -1.13. The van der Waals surface area contributed by atoms with E-state index in [4.69, 9.17) is 4.42 Å². The summed E-state index contributed by atoms with van der Waals surface area (Å²) in [5.74, 6) is 0.919.